The highest BCUT2D eigenvalue weighted by Gasteiger charge is 2.52. The predicted molar refractivity (Wildman–Crippen MR) is 73.2 cm³/mol. The molecule has 0 amide bonds. The first-order chi connectivity index (χ1) is 8.75. The molecule has 1 N–H and O–H groups in total. The number of nitrogens with zero attached hydrogens (tertiary/aromatic N) is 1. The van der Waals surface area contributed by atoms with Crippen LogP contribution in [0.3, 0.4) is 0 Å². The predicted octanol–water partition coefficient (Wildman–Crippen LogP) is 1.51. The first-order valence-electron chi connectivity index (χ1n) is 5.44. The Hall–Kier alpha value is -0.530. The topological polar surface area (TPSA) is 66.8 Å². The van der Waals surface area contributed by atoms with Crippen LogP contribution in [0.2, 0.25) is 10.0 Å². The Morgan fingerprint density at radius 1 is 1.42 bits per heavy atom. The van der Waals surface area contributed by atoms with Crippen molar-refractivity contribution in [2.24, 2.45) is 0 Å². The molecule has 0 aliphatic carbocycles. The molecule has 1 unspecified atom stereocenters. The summed E-state index contributed by atoms with van der Waals surface area (Å²) in [6.07, 6.45) is 0.0240. The molecule has 1 aromatic carbocycles. The number of sulfonamides is 1. The van der Waals surface area contributed by atoms with Crippen LogP contribution >= 0.6 is 23.2 Å². The van der Waals surface area contributed by atoms with Crippen LogP contribution < -0.4 is 4.74 Å². The zero-order chi connectivity index (χ0) is 14.4. The first kappa shape index (κ1) is 14.9. The molecule has 0 saturated carbocycles. The monoisotopic (exact) mass is 325 g/mol. The number of aliphatic hydroxyl groups is 1. The van der Waals surface area contributed by atoms with Crippen molar-refractivity contribution in [2.75, 3.05) is 20.7 Å². The van der Waals surface area contributed by atoms with Gasteiger partial charge in [-0.1, -0.05) is 29.3 Å². The Balaban J connectivity index is 2.54. The van der Waals surface area contributed by atoms with Gasteiger partial charge in [0, 0.05) is 26.1 Å². The minimum atomic E-state index is -3.83. The number of fused-ring (bicyclic) bond motifs is 1. The Bertz CT molecular complexity index is 617. The lowest BCUT2D eigenvalue weighted by atomic mass is 10.1. The van der Waals surface area contributed by atoms with Gasteiger partial charge in [-0.15, -0.1) is 0 Å². The number of halogens is 2. The Labute approximate surface area is 121 Å². The van der Waals surface area contributed by atoms with Gasteiger partial charge in [0.1, 0.15) is 10.8 Å². The van der Waals surface area contributed by atoms with E-state index in [2.05, 4.69) is 0 Å². The fraction of sp³-hybridized carbons (Fsp3) is 0.455. The van der Waals surface area contributed by atoms with Gasteiger partial charge in [0.25, 0.3) is 10.0 Å². The summed E-state index contributed by atoms with van der Waals surface area (Å²) in [5.74, 6) is 0.216. The van der Waals surface area contributed by atoms with Crippen LogP contribution in [0.4, 0.5) is 0 Å². The van der Waals surface area contributed by atoms with Gasteiger partial charge in [-0.25, -0.2) is 12.7 Å². The van der Waals surface area contributed by atoms with Gasteiger partial charge in [-0.05, 0) is 6.07 Å². The molecule has 1 aromatic rings. The summed E-state index contributed by atoms with van der Waals surface area (Å²) < 4.78 is 31.1. The first-order valence-corrected chi connectivity index (χ1v) is 7.63. The van der Waals surface area contributed by atoms with Gasteiger partial charge in [-0.3, -0.25) is 0 Å². The third-order valence-corrected chi connectivity index (χ3v) is 6.12. The van der Waals surface area contributed by atoms with E-state index < -0.39 is 21.6 Å². The van der Waals surface area contributed by atoms with Crippen molar-refractivity contribution in [3.05, 3.63) is 27.7 Å². The summed E-state index contributed by atoms with van der Waals surface area (Å²) in [6, 6.07) is 3.22. The third-order valence-electron chi connectivity index (χ3n) is 3.07. The van der Waals surface area contributed by atoms with Gasteiger partial charge in [0.05, 0.1) is 11.6 Å². The van der Waals surface area contributed by atoms with Crippen LogP contribution in [-0.4, -0.2) is 43.5 Å². The normalized spacial score (nSPS) is 22.4. The number of ether oxygens (including phenoxy) is 1. The average Bonchev–Trinajstić information content (AvgIpc) is 2.75. The smallest absolute Gasteiger partial charge is 0.257 e. The van der Waals surface area contributed by atoms with Crippen LogP contribution in [0.25, 0.3) is 0 Å². The van der Waals surface area contributed by atoms with E-state index >= 15 is 0 Å². The van der Waals surface area contributed by atoms with Gasteiger partial charge >= 0.3 is 0 Å². The average molecular weight is 326 g/mol. The van der Waals surface area contributed by atoms with E-state index in [0.29, 0.717) is 5.56 Å². The molecule has 1 atom stereocenters. The van der Waals surface area contributed by atoms with E-state index in [9.17, 15) is 13.5 Å². The summed E-state index contributed by atoms with van der Waals surface area (Å²) >= 11 is 11.9. The Kier molecular flexibility index (Phi) is 3.75. The SMILES string of the molecule is CN(C)S(=O)(=O)C1(CO)Cc2ccc(Cl)c(Cl)c2O1. The van der Waals surface area contributed by atoms with Crippen molar-refractivity contribution in [2.45, 2.75) is 11.4 Å². The minimum Gasteiger partial charge on any atom is -0.465 e. The fourth-order valence-corrected chi connectivity index (χ4v) is 3.71. The number of benzene rings is 1. The lowest BCUT2D eigenvalue weighted by Crippen LogP contribution is -2.52. The quantitative estimate of drug-likeness (QED) is 0.914. The van der Waals surface area contributed by atoms with Crippen molar-refractivity contribution in [3.8, 4) is 5.75 Å². The Morgan fingerprint density at radius 3 is 2.58 bits per heavy atom. The van der Waals surface area contributed by atoms with Crippen LogP contribution in [0.1, 0.15) is 5.56 Å². The molecule has 106 valence electrons. The number of hydrogen-bond donors (Lipinski definition) is 1. The summed E-state index contributed by atoms with van der Waals surface area (Å²) in [6.45, 7) is -0.670. The number of aliphatic hydroxyl groups excluding tert-OH is 1. The van der Waals surface area contributed by atoms with Crippen molar-refractivity contribution in [3.63, 3.8) is 0 Å². The van der Waals surface area contributed by atoms with Crippen molar-refractivity contribution >= 4 is 33.2 Å². The zero-order valence-electron chi connectivity index (χ0n) is 10.4. The van der Waals surface area contributed by atoms with Crippen LogP contribution in [0.5, 0.6) is 5.75 Å². The number of hydrogen-bond acceptors (Lipinski definition) is 4. The lowest BCUT2D eigenvalue weighted by Gasteiger charge is -2.29. The van der Waals surface area contributed by atoms with E-state index in [1.165, 1.54) is 14.1 Å². The summed E-state index contributed by atoms with van der Waals surface area (Å²) in [4.78, 5) is -1.74. The van der Waals surface area contributed by atoms with E-state index in [0.717, 1.165) is 4.31 Å². The van der Waals surface area contributed by atoms with Crippen LogP contribution in [0.15, 0.2) is 12.1 Å². The molecular weight excluding hydrogens is 313 g/mol. The third kappa shape index (κ3) is 2.11. The van der Waals surface area contributed by atoms with Gasteiger partial charge in [0.15, 0.2) is 0 Å². The number of rotatable bonds is 3. The maximum Gasteiger partial charge on any atom is 0.257 e. The highest BCUT2D eigenvalue weighted by molar-refractivity contribution is 7.90. The van der Waals surface area contributed by atoms with Gasteiger partial charge in [0.2, 0.25) is 4.93 Å². The summed E-state index contributed by atoms with van der Waals surface area (Å²) in [5.41, 5.74) is 0.605. The highest BCUT2D eigenvalue weighted by Crippen LogP contribution is 2.45. The molecule has 0 fully saturated rings. The molecule has 1 heterocycles. The second-order valence-electron chi connectivity index (χ2n) is 4.48. The second kappa shape index (κ2) is 4.79. The molecule has 0 saturated heterocycles. The van der Waals surface area contributed by atoms with E-state index in [4.69, 9.17) is 27.9 Å². The zero-order valence-corrected chi connectivity index (χ0v) is 12.7. The van der Waals surface area contributed by atoms with Gasteiger partial charge < -0.3 is 9.84 Å². The van der Waals surface area contributed by atoms with Crippen molar-refractivity contribution in [1.29, 1.82) is 0 Å². The van der Waals surface area contributed by atoms with Crippen LogP contribution in [-0.2, 0) is 16.4 Å². The minimum absolute atomic E-state index is 0.0240. The molecule has 1 aliphatic heterocycles. The van der Waals surface area contributed by atoms with Crippen molar-refractivity contribution in [1.82, 2.24) is 4.31 Å². The maximum atomic E-state index is 12.3. The largest absolute Gasteiger partial charge is 0.465 e. The highest BCUT2D eigenvalue weighted by atomic mass is 35.5. The molecule has 0 radical (unpaired) electrons. The maximum absolute atomic E-state index is 12.3. The molecule has 0 aromatic heterocycles. The fourth-order valence-electron chi connectivity index (χ4n) is 1.98. The molecule has 19 heavy (non-hydrogen) atoms. The second-order valence-corrected chi connectivity index (χ2v) is 7.69. The van der Waals surface area contributed by atoms with Gasteiger partial charge in [-0.2, -0.15) is 0 Å². The summed E-state index contributed by atoms with van der Waals surface area (Å²) in [7, 11) is -1.06. The van der Waals surface area contributed by atoms with Crippen LogP contribution in [0, 0.1) is 0 Å². The standard InChI is InChI=1S/C11H13Cl2NO4S/c1-14(2)19(16,17)11(6-15)5-7-3-4-8(12)9(13)10(7)18-11/h3-4,15H,5-6H2,1-2H3. The lowest BCUT2D eigenvalue weighted by molar-refractivity contribution is 0.0920. The Morgan fingerprint density at radius 2 is 2.05 bits per heavy atom. The molecule has 0 spiro atoms. The van der Waals surface area contributed by atoms with E-state index in [1.54, 1.807) is 12.1 Å². The molecule has 8 heteroatoms. The van der Waals surface area contributed by atoms with Crippen molar-refractivity contribution < 1.29 is 18.3 Å². The van der Waals surface area contributed by atoms with E-state index in [1.807, 2.05) is 0 Å². The molecule has 1 aliphatic rings. The van der Waals surface area contributed by atoms with E-state index in [-0.39, 0.29) is 22.2 Å². The summed E-state index contributed by atoms with van der Waals surface area (Å²) in [5, 5.41) is 9.96. The molecule has 5 nitrogen and oxygen atoms in total. The molecule has 2 rings (SSSR count). The molecular formula is C11H13Cl2NO4S. The molecule has 0 bridgehead atoms.